The van der Waals surface area contributed by atoms with Crippen molar-refractivity contribution in [3.05, 3.63) is 54.1 Å². The summed E-state index contributed by atoms with van der Waals surface area (Å²) in [6, 6.07) is 15.2. The van der Waals surface area contributed by atoms with Crippen molar-refractivity contribution >= 4 is 21.4 Å². The van der Waals surface area contributed by atoms with Crippen LogP contribution >= 0.6 is 0 Å². The molecule has 0 bridgehead atoms. The highest BCUT2D eigenvalue weighted by molar-refractivity contribution is 7.92. The smallest absolute Gasteiger partial charge is 0.264 e. The molecular weight excluding hydrogens is 344 g/mol. The van der Waals surface area contributed by atoms with Crippen LogP contribution in [-0.4, -0.2) is 27.5 Å². The topological polar surface area (TPSA) is 40.6 Å². The maximum atomic E-state index is 13.4. The second kappa shape index (κ2) is 6.62. The zero-order valence-corrected chi connectivity index (χ0v) is 17.0. The van der Waals surface area contributed by atoms with Crippen LogP contribution in [0.4, 0.5) is 11.4 Å². The van der Waals surface area contributed by atoms with E-state index in [9.17, 15) is 8.42 Å². The predicted molar refractivity (Wildman–Crippen MR) is 109 cm³/mol. The lowest BCUT2D eigenvalue weighted by Gasteiger charge is -2.42. The number of para-hydroxylation sites is 2. The van der Waals surface area contributed by atoms with Gasteiger partial charge in [0, 0.05) is 12.6 Å². The van der Waals surface area contributed by atoms with E-state index in [0.29, 0.717) is 11.4 Å². The maximum absolute atomic E-state index is 13.4. The van der Waals surface area contributed by atoms with Crippen molar-refractivity contribution in [2.75, 3.05) is 22.3 Å². The lowest BCUT2D eigenvalue weighted by Crippen LogP contribution is -2.49. The third kappa shape index (κ3) is 3.20. The first-order valence-electron chi connectivity index (χ1n) is 9.15. The molecule has 1 aliphatic heterocycles. The number of anilines is 2. The number of sulfonamides is 1. The van der Waals surface area contributed by atoms with Gasteiger partial charge in [-0.3, -0.25) is 4.31 Å². The van der Waals surface area contributed by atoms with Gasteiger partial charge < -0.3 is 4.90 Å². The van der Waals surface area contributed by atoms with Crippen LogP contribution in [0, 0.1) is 0 Å². The Labute approximate surface area is 157 Å². The number of benzene rings is 2. The van der Waals surface area contributed by atoms with Gasteiger partial charge in [-0.2, -0.15) is 0 Å². The minimum absolute atomic E-state index is 0.00381. The quantitative estimate of drug-likeness (QED) is 0.801. The molecule has 5 heteroatoms. The molecule has 1 unspecified atom stereocenters. The predicted octanol–water partition coefficient (Wildman–Crippen LogP) is 4.41. The van der Waals surface area contributed by atoms with Crippen LogP contribution in [0.3, 0.4) is 0 Å². The molecule has 0 radical (unpaired) electrons. The second-order valence-electron chi connectivity index (χ2n) is 7.93. The zero-order chi connectivity index (χ0) is 19.1. The normalized spacial score (nSPS) is 18.0. The molecule has 2 aromatic carbocycles. The van der Waals surface area contributed by atoms with E-state index in [-0.39, 0.29) is 11.5 Å². The van der Waals surface area contributed by atoms with Crippen molar-refractivity contribution in [2.45, 2.75) is 51.0 Å². The molecule has 0 aromatic heterocycles. The first kappa shape index (κ1) is 18.8. The molecule has 0 fully saturated rings. The fraction of sp³-hybridized carbons (Fsp3) is 0.429. The van der Waals surface area contributed by atoms with Gasteiger partial charge in [0.25, 0.3) is 10.0 Å². The summed E-state index contributed by atoms with van der Waals surface area (Å²) < 4.78 is 28.3. The Kier molecular flexibility index (Phi) is 4.78. The molecule has 3 rings (SSSR count). The number of hydrogen-bond donors (Lipinski definition) is 0. The standard InChI is InChI=1S/C21H28N2O2S/c1-6-22-16(2)15-23(20-10-8-7-9-19(20)22)26(24,25)18-13-11-17(12-14-18)21(3,4)5/h7-14,16H,6,15H2,1-5H3. The Hall–Kier alpha value is -2.01. The molecule has 2 aromatic rings. The molecule has 1 atom stereocenters. The van der Waals surface area contributed by atoms with Gasteiger partial charge in [0.15, 0.2) is 0 Å². The van der Waals surface area contributed by atoms with Crippen LogP contribution in [0.1, 0.15) is 40.2 Å². The molecule has 0 spiro atoms. The fourth-order valence-electron chi connectivity index (χ4n) is 3.56. The summed E-state index contributed by atoms with van der Waals surface area (Å²) in [6.45, 7) is 11.9. The highest BCUT2D eigenvalue weighted by Crippen LogP contribution is 2.38. The summed E-state index contributed by atoms with van der Waals surface area (Å²) in [4.78, 5) is 2.60. The molecule has 0 N–H and O–H groups in total. The molecule has 0 aliphatic carbocycles. The van der Waals surface area contributed by atoms with Crippen LogP contribution in [0.5, 0.6) is 0 Å². The molecule has 1 heterocycles. The lowest BCUT2D eigenvalue weighted by atomic mass is 9.87. The summed E-state index contributed by atoms with van der Waals surface area (Å²) in [5.41, 5.74) is 2.85. The number of fused-ring (bicyclic) bond motifs is 1. The number of hydrogen-bond acceptors (Lipinski definition) is 3. The third-order valence-electron chi connectivity index (χ3n) is 5.07. The van der Waals surface area contributed by atoms with Gasteiger partial charge in [0.05, 0.1) is 22.8 Å². The van der Waals surface area contributed by atoms with Crippen LogP contribution in [-0.2, 0) is 15.4 Å². The number of nitrogens with zero attached hydrogens (tertiary/aromatic N) is 2. The summed E-state index contributed by atoms with van der Waals surface area (Å²) in [6.07, 6.45) is 0. The van der Waals surface area contributed by atoms with Gasteiger partial charge in [0.2, 0.25) is 0 Å². The summed E-state index contributed by atoms with van der Waals surface area (Å²) in [5, 5.41) is 0. The van der Waals surface area contributed by atoms with Crippen molar-refractivity contribution in [1.82, 2.24) is 0 Å². The largest absolute Gasteiger partial charge is 0.366 e. The fourth-order valence-corrected chi connectivity index (χ4v) is 5.12. The first-order chi connectivity index (χ1) is 12.2. The van der Waals surface area contributed by atoms with Gasteiger partial charge >= 0.3 is 0 Å². The van der Waals surface area contributed by atoms with E-state index in [2.05, 4.69) is 39.5 Å². The molecular formula is C21H28N2O2S. The van der Waals surface area contributed by atoms with Gasteiger partial charge in [-0.05, 0) is 49.1 Å². The number of likely N-dealkylation sites (N-methyl/N-ethyl adjacent to an activating group) is 1. The summed E-state index contributed by atoms with van der Waals surface area (Å²) in [5.74, 6) is 0. The average molecular weight is 373 g/mol. The second-order valence-corrected chi connectivity index (χ2v) is 9.80. The Balaban J connectivity index is 2.04. The van der Waals surface area contributed by atoms with Gasteiger partial charge in [-0.15, -0.1) is 0 Å². The van der Waals surface area contributed by atoms with E-state index < -0.39 is 10.0 Å². The van der Waals surface area contributed by atoms with E-state index >= 15 is 0 Å². The minimum atomic E-state index is -3.60. The molecule has 1 aliphatic rings. The van der Waals surface area contributed by atoms with Crippen LogP contribution in [0.15, 0.2) is 53.4 Å². The molecule has 0 saturated heterocycles. The van der Waals surface area contributed by atoms with Crippen LogP contribution in [0.2, 0.25) is 0 Å². The Morgan fingerprint density at radius 1 is 1.00 bits per heavy atom. The first-order valence-corrected chi connectivity index (χ1v) is 10.6. The van der Waals surface area contributed by atoms with Crippen molar-refractivity contribution in [3.63, 3.8) is 0 Å². The van der Waals surface area contributed by atoms with Crippen molar-refractivity contribution < 1.29 is 8.42 Å². The van der Waals surface area contributed by atoms with Crippen molar-refractivity contribution in [1.29, 1.82) is 0 Å². The average Bonchev–Trinajstić information content (AvgIpc) is 2.60. The van der Waals surface area contributed by atoms with E-state index in [1.165, 1.54) is 0 Å². The summed E-state index contributed by atoms with van der Waals surface area (Å²) >= 11 is 0. The molecule has 4 nitrogen and oxygen atoms in total. The Morgan fingerprint density at radius 2 is 1.58 bits per heavy atom. The highest BCUT2D eigenvalue weighted by Gasteiger charge is 2.34. The van der Waals surface area contributed by atoms with E-state index in [4.69, 9.17) is 0 Å². The maximum Gasteiger partial charge on any atom is 0.264 e. The third-order valence-corrected chi connectivity index (χ3v) is 6.86. The minimum Gasteiger partial charge on any atom is -0.366 e. The van der Waals surface area contributed by atoms with Crippen LogP contribution in [0.25, 0.3) is 0 Å². The SMILES string of the molecule is CCN1c2ccccc2N(S(=O)(=O)c2ccc(C(C)(C)C)cc2)CC1C. The Morgan fingerprint density at radius 3 is 2.12 bits per heavy atom. The van der Waals surface area contributed by atoms with Crippen LogP contribution < -0.4 is 9.21 Å². The molecule has 140 valence electrons. The van der Waals surface area contributed by atoms with Gasteiger partial charge in [0.1, 0.15) is 0 Å². The van der Waals surface area contributed by atoms with E-state index in [1.54, 1.807) is 16.4 Å². The molecule has 0 amide bonds. The van der Waals surface area contributed by atoms with E-state index in [0.717, 1.165) is 23.5 Å². The van der Waals surface area contributed by atoms with Gasteiger partial charge in [-0.25, -0.2) is 8.42 Å². The monoisotopic (exact) mass is 372 g/mol. The lowest BCUT2D eigenvalue weighted by molar-refractivity contribution is 0.573. The molecule has 26 heavy (non-hydrogen) atoms. The number of rotatable bonds is 3. The van der Waals surface area contributed by atoms with Crippen molar-refractivity contribution in [2.24, 2.45) is 0 Å². The molecule has 0 saturated carbocycles. The van der Waals surface area contributed by atoms with E-state index in [1.807, 2.05) is 36.4 Å². The van der Waals surface area contributed by atoms with Gasteiger partial charge in [-0.1, -0.05) is 45.0 Å². The Bertz CT molecular complexity index is 883. The van der Waals surface area contributed by atoms with Crippen molar-refractivity contribution in [3.8, 4) is 0 Å². The highest BCUT2D eigenvalue weighted by atomic mass is 32.2. The zero-order valence-electron chi connectivity index (χ0n) is 16.2. The summed E-state index contributed by atoms with van der Waals surface area (Å²) in [7, 11) is -3.60.